The van der Waals surface area contributed by atoms with Gasteiger partial charge in [-0.1, -0.05) is 53.5 Å². The van der Waals surface area contributed by atoms with Gasteiger partial charge in [-0.25, -0.2) is 0 Å². The second kappa shape index (κ2) is 7.68. The van der Waals surface area contributed by atoms with E-state index in [4.69, 9.17) is 23.2 Å². The maximum Gasteiger partial charge on any atom is 0.251 e. The molecule has 0 aliphatic rings. The number of carbonyl (C=O) groups is 1. The lowest BCUT2D eigenvalue weighted by molar-refractivity contribution is 0.0942. The van der Waals surface area contributed by atoms with Crippen molar-refractivity contribution in [3.05, 3.63) is 63.6 Å². The summed E-state index contributed by atoms with van der Waals surface area (Å²) in [6, 6.07) is 12.8. The van der Waals surface area contributed by atoms with Crippen molar-refractivity contribution < 1.29 is 9.90 Å². The van der Waals surface area contributed by atoms with Gasteiger partial charge >= 0.3 is 0 Å². The Morgan fingerprint density at radius 1 is 1.17 bits per heavy atom. The molecular formula is C17H18Cl2N2O2. The Labute approximate surface area is 145 Å². The molecule has 1 amide bonds. The number of rotatable bonds is 5. The van der Waals surface area contributed by atoms with Gasteiger partial charge in [0.25, 0.3) is 5.91 Å². The summed E-state index contributed by atoms with van der Waals surface area (Å²) in [5.41, 5.74) is 1.42. The molecule has 0 saturated heterocycles. The molecule has 0 aromatic heterocycles. The number of hydrogen-bond acceptors (Lipinski definition) is 3. The van der Waals surface area contributed by atoms with Crippen LogP contribution in [-0.4, -0.2) is 36.6 Å². The number of phenolic OH excluding ortho intramolecular Hbond substituents is 1. The predicted octanol–water partition coefficient (Wildman–Crippen LogP) is 3.73. The Balaban J connectivity index is 2.11. The van der Waals surface area contributed by atoms with Crippen molar-refractivity contribution >= 4 is 29.1 Å². The molecule has 0 radical (unpaired) electrons. The monoisotopic (exact) mass is 352 g/mol. The Hall–Kier alpha value is -1.75. The molecule has 2 N–H and O–H groups in total. The normalized spacial score (nSPS) is 12.2. The van der Waals surface area contributed by atoms with E-state index >= 15 is 0 Å². The van der Waals surface area contributed by atoms with E-state index in [0.717, 1.165) is 5.56 Å². The number of halogens is 2. The van der Waals surface area contributed by atoms with Gasteiger partial charge in [0.05, 0.1) is 16.1 Å². The number of nitrogens with zero attached hydrogens (tertiary/aromatic N) is 1. The summed E-state index contributed by atoms with van der Waals surface area (Å²) in [4.78, 5) is 14.3. The number of carbonyl (C=O) groups excluding carboxylic acids is 1. The fourth-order valence-electron chi connectivity index (χ4n) is 2.26. The smallest absolute Gasteiger partial charge is 0.251 e. The number of benzene rings is 2. The quantitative estimate of drug-likeness (QED) is 0.861. The highest BCUT2D eigenvalue weighted by molar-refractivity contribution is 6.37. The van der Waals surface area contributed by atoms with Crippen molar-refractivity contribution in [1.29, 1.82) is 0 Å². The van der Waals surface area contributed by atoms with Crippen LogP contribution in [0.25, 0.3) is 0 Å². The second-order valence-electron chi connectivity index (χ2n) is 5.39. The van der Waals surface area contributed by atoms with Gasteiger partial charge in [-0.15, -0.1) is 0 Å². The lowest BCUT2D eigenvalue weighted by atomic mass is 10.1. The molecular weight excluding hydrogens is 335 g/mol. The number of nitrogens with one attached hydrogen (secondary N) is 1. The fraction of sp³-hybridized carbons (Fsp3) is 0.235. The number of hydrogen-bond donors (Lipinski definition) is 2. The lowest BCUT2D eigenvalue weighted by Crippen LogP contribution is -2.34. The van der Waals surface area contributed by atoms with Crippen LogP contribution in [0.2, 0.25) is 10.0 Å². The standard InChI is InChI=1S/C17H18Cl2N2O2/c1-21(2)15(11-6-4-3-5-7-11)10-20-17(23)12-8-13(18)16(22)14(19)9-12/h3-9,15,22H,10H2,1-2H3,(H,20,23)/t15-/m0/s1. The van der Waals surface area contributed by atoms with E-state index in [2.05, 4.69) is 5.32 Å². The van der Waals surface area contributed by atoms with Gasteiger partial charge in [0.15, 0.2) is 5.75 Å². The Morgan fingerprint density at radius 2 is 1.74 bits per heavy atom. The van der Waals surface area contributed by atoms with Crippen molar-refractivity contribution in [2.24, 2.45) is 0 Å². The van der Waals surface area contributed by atoms with Crippen molar-refractivity contribution in [1.82, 2.24) is 10.2 Å². The SMILES string of the molecule is CN(C)[C@@H](CNC(=O)c1cc(Cl)c(O)c(Cl)c1)c1ccccc1. The van der Waals surface area contributed by atoms with Crippen LogP contribution >= 0.6 is 23.2 Å². The molecule has 23 heavy (non-hydrogen) atoms. The summed E-state index contributed by atoms with van der Waals surface area (Å²) < 4.78 is 0. The van der Waals surface area contributed by atoms with E-state index < -0.39 is 0 Å². The molecule has 0 unspecified atom stereocenters. The zero-order valence-electron chi connectivity index (χ0n) is 12.9. The van der Waals surface area contributed by atoms with Crippen molar-refractivity contribution in [3.63, 3.8) is 0 Å². The molecule has 0 fully saturated rings. The van der Waals surface area contributed by atoms with Gasteiger partial charge in [0.2, 0.25) is 0 Å². The number of aromatic hydroxyl groups is 1. The molecule has 2 rings (SSSR count). The lowest BCUT2D eigenvalue weighted by Gasteiger charge is -2.25. The van der Waals surface area contributed by atoms with Crippen LogP contribution in [0.15, 0.2) is 42.5 Å². The molecule has 122 valence electrons. The van der Waals surface area contributed by atoms with Crippen LogP contribution in [0.3, 0.4) is 0 Å². The minimum atomic E-state index is -0.295. The largest absolute Gasteiger partial charge is 0.505 e. The van der Waals surface area contributed by atoms with Gasteiger partial charge in [-0.05, 0) is 31.8 Å². The van der Waals surface area contributed by atoms with Crippen molar-refractivity contribution in [2.45, 2.75) is 6.04 Å². The fourth-order valence-corrected chi connectivity index (χ4v) is 2.75. The molecule has 4 nitrogen and oxygen atoms in total. The van der Waals surface area contributed by atoms with E-state index in [9.17, 15) is 9.90 Å². The molecule has 2 aromatic rings. The van der Waals surface area contributed by atoms with E-state index in [0.29, 0.717) is 12.1 Å². The molecule has 0 saturated carbocycles. The first-order valence-corrected chi connectivity index (χ1v) is 7.83. The second-order valence-corrected chi connectivity index (χ2v) is 6.20. The number of phenols is 1. The van der Waals surface area contributed by atoms with Gasteiger partial charge < -0.3 is 15.3 Å². The third-order valence-electron chi connectivity index (χ3n) is 3.54. The zero-order valence-corrected chi connectivity index (χ0v) is 14.4. The average Bonchev–Trinajstić information content (AvgIpc) is 2.52. The maximum atomic E-state index is 12.3. The predicted molar refractivity (Wildman–Crippen MR) is 93.3 cm³/mol. The Kier molecular flexibility index (Phi) is 5.88. The summed E-state index contributed by atoms with van der Waals surface area (Å²) in [6.07, 6.45) is 0. The maximum absolute atomic E-state index is 12.3. The molecule has 0 bridgehead atoms. The third kappa shape index (κ3) is 4.38. The first kappa shape index (κ1) is 17.6. The highest BCUT2D eigenvalue weighted by atomic mass is 35.5. The molecule has 0 spiro atoms. The minimum Gasteiger partial charge on any atom is -0.505 e. The average molecular weight is 353 g/mol. The summed E-state index contributed by atoms with van der Waals surface area (Å²) in [5.74, 6) is -0.517. The number of amides is 1. The van der Waals surface area contributed by atoms with Crippen LogP contribution < -0.4 is 5.32 Å². The minimum absolute atomic E-state index is 0.0446. The number of likely N-dealkylation sites (N-methyl/N-ethyl adjacent to an activating group) is 1. The van der Waals surface area contributed by atoms with Gasteiger partial charge in [0.1, 0.15) is 0 Å². The summed E-state index contributed by atoms with van der Waals surface area (Å²) >= 11 is 11.7. The zero-order chi connectivity index (χ0) is 17.0. The Morgan fingerprint density at radius 3 is 2.26 bits per heavy atom. The van der Waals surface area contributed by atoms with Crippen molar-refractivity contribution in [2.75, 3.05) is 20.6 Å². The molecule has 0 aliphatic carbocycles. The highest BCUT2D eigenvalue weighted by Gasteiger charge is 2.17. The van der Waals surface area contributed by atoms with Gasteiger partial charge in [-0.3, -0.25) is 4.79 Å². The van der Waals surface area contributed by atoms with Crippen molar-refractivity contribution in [3.8, 4) is 5.75 Å². The summed E-state index contributed by atoms with van der Waals surface area (Å²) in [5, 5.41) is 12.5. The van der Waals surface area contributed by atoms with Crippen LogP contribution in [0.4, 0.5) is 0 Å². The van der Waals surface area contributed by atoms with E-state index in [-0.39, 0.29) is 27.7 Å². The van der Waals surface area contributed by atoms with E-state index in [1.807, 2.05) is 49.3 Å². The third-order valence-corrected chi connectivity index (χ3v) is 4.12. The topological polar surface area (TPSA) is 52.6 Å². The van der Waals surface area contributed by atoms with Crippen LogP contribution in [-0.2, 0) is 0 Å². The molecule has 0 heterocycles. The summed E-state index contributed by atoms with van der Waals surface area (Å²) in [6.45, 7) is 0.436. The van der Waals surface area contributed by atoms with Gasteiger partial charge in [0, 0.05) is 12.1 Å². The van der Waals surface area contributed by atoms with Gasteiger partial charge in [-0.2, -0.15) is 0 Å². The van der Waals surface area contributed by atoms with Crippen LogP contribution in [0.5, 0.6) is 5.75 Å². The molecule has 1 atom stereocenters. The molecule has 0 aliphatic heterocycles. The molecule has 2 aromatic carbocycles. The first-order chi connectivity index (χ1) is 10.9. The van der Waals surface area contributed by atoms with E-state index in [1.165, 1.54) is 12.1 Å². The first-order valence-electron chi connectivity index (χ1n) is 7.07. The highest BCUT2D eigenvalue weighted by Crippen LogP contribution is 2.32. The summed E-state index contributed by atoms with van der Waals surface area (Å²) in [7, 11) is 3.91. The van der Waals surface area contributed by atoms with Crippen LogP contribution in [0, 0.1) is 0 Å². The Bertz CT molecular complexity index is 667. The van der Waals surface area contributed by atoms with E-state index in [1.54, 1.807) is 0 Å². The molecule has 6 heteroatoms. The van der Waals surface area contributed by atoms with Crippen LogP contribution in [0.1, 0.15) is 22.0 Å².